The number of para-hydroxylation sites is 1. The van der Waals surface area contributed by atoms with Crippen molar-refractivity contribution in [2.45, 2.75) is 6.54 Å². The molecule has 1 aromatic carbocycles. The number of carbonyl (C=O) groups excluding carboxylic acids is 1. The molecular weight excluding hydrogens is 314 g/mol. The first-order chi connectivity index (χ1) is 11.2. The van der Waals surface area contributed by atoms with E-state index in [2.05, 4.69) is 20.3 Å². The molecule has 7 heteroatoms. The third-order valence-corrected chi connectivity index (χ3v) is 3.92. The number of carbonyl (C=O) groups is 1. The van der Waals surface area contributed by atoms with Gasteiger partial charge in [0.2, 0.25) is 5.62 Å². The fraction of sp³-hybridized carbons (Fsp3) is 0.125. The van der Waals surface area contributed by atoms with Crippen molar-refractivity contribution in [3.8, 4) is 0 Å². The van der Waals surface area contributed by atoms with Gasteiger partial charge in [-0.1, -0.05) is 23.7 Å². The minimum Gasteiger partial charge on any atom is -0.369 e. The molecule has 0 unspecified atom stereocenters. The third-order valence-electron chi connectivity index (χ3n) is 3.69. The van der Waals surface area contributed by atoms with Gasteiger partial charge in [0.1, 0.15) is 11.0 Å². The molecule has 0 spiro atoms. The first kappa shape index (κ1) is 13.9. The van der Waals surface area contributed by atoms with Gasteiger partial charge in [0, 0.05) is 24.7 Å². The van der Waals surface area contributed by atoms with Crippen LogP contribution in [0, 0.1) is 0 Å². The van der Waals surface area contributed by atoms with Gasteiger partial charge in [0.25, 0.3) is 5.91 Å². The summed E-state index contributed by atoms with van der Waals surface area (Å²) in [7, 11) is 0. The van der Waals surface area contributed by atoms with Crippen molar-refractivity contribution < 1.29 is 4.79 Å². The molecule has 4 rings (SSSR count). The average molecular weight is 326 g/mol. The number of halogens is 1. The predicted molar refractivity (Wildman–Crippen MR) is 87.4 cm³/mol. The van der Waals surface area contributed by atoms with Gasteiger partial charge < -0.3 is 5.32 Å². The lowest BCUT2D eigenvalue weighted by Crippen LogP contribution is -2.24. The number of aromatic nitrogens is 3. The molecule has 1 amide bonds. The maximum Gasteiger partial charge on any atom is 0.281 e. The van der Waals surface area contributed by atoms with E-state index in [1.54, 1.807) is 12.1 Å². The Morgan fingerprint density at radius 2 is 2.13 bits per heavy atom. The molecule has 0 saturated heterocycles. The van der Waals surface area contributed by atoms with E-state index in [0.717, 1.165) is 29.8 Å². The molecule has 2 aromatic heterocycles. The highest BCUT2D eigenvalue weighted by Crippen LogP contribution is 2.22. The van der Waals surface area contributed by atoms with Crippen LogP contribution in [0.4, 0.5) is 5.82 Å². The van der Waals surface area contributed by atoms with Crippen molar-refractivity contribution in [1.29, 1.82) is 0 Å². The molecule has 3 aromatic rings. The summed E-state index contributed by atoms with van der Waals surface area (Å²) in [5.41, 5.74) is 1.57. The summed E-state index contributed by atoms with van der Waals surface area (Å²) in [4.78, 5) is 24.9. The predicted octanol–water partition coefficient (Wildman–Crippen LogP) is 2.25. The van der Waals surface area contributed by atoms with Gasteiger partial charge in [-0.2, -0.15) is 4.99 Å². The zero-order chi connectivity index (χ0) is 15.8. The molecular formula is C16H12ClN5O. The fourth-order valence-electron chi connectivity index (χ4n) is 2.62. The van der Waals surface area contributed by atoms with Crippen LogP contribution < -0.4 is 10.9 Å². The summed E-state index contributed by atoms with van der Waals surface area (Å²) in [5, 5.41) is 4.68. The normalized spacial score (nSPS) is 13.9. The van der Waals surface area contributed by atoms with E-state index in [1.807, 2.05) is 28.8 Å². The summed E-state index contributed by atoms with van der Waals surface area (Å²) < 4.78 is 1.92. The molecule has 0 bridgehead atoms. The molecule has 23 heavy (non-hydrogen) atoms. The minimum absolute atomic E-state index is 0.338. The maximum atomic E-state index is 12.3. The molecule has 3 heterocycles. The van der Waals surface area contributed by atoms with Crippen LogP contribution in [0.3, 0.4) is 0 Å². The lowest BCUT2D eigenvalue weighted by Gasteiger charge is -2.07. The zero-order valence-corrected chi connectivity index (χ0v) is 12.8. The van der Waals surface area contributed by atoms with E-state index in [4.69, 9.17) is 11.6 Å². The lowest BCUT2D eigenvalue weighted by molar-refractivity contribution is 0.0996. The number of anilines is 1. The topological polar surface area (TPSA) is 72.2 Å². The van der Waals surface area contributed by atoms with E-state index in [9.17, 15) is 4.79 Å². The Balaban J connectivity index is 1.88. The van der Waals surface area contributed by atoms with Gasteiger partial charge >= 0.3 is 0 Å². The van der Waals surface area contributed by atoms with E-state index < -0.39 is 5.91 Å². The summed E-state index contributed by atoms with van der Waals surface area (Å²) in [5.74, 6) is 0.551. The van der Waals surface area contributed by atoms with Crippen LogP contribution in [0.5, 0.6) is 0 Å². The van der Waals surface area contributed by atoms with Crippen LogP contribution in [0.15, 0.2) is 47.6 Å². The van der Waals surface area contributed by atoms with Crippen LogP contribution in [0.2, 0.25) is 5.15 Å². The highest BCUT2D eigenvalue weighted by atomic mass is 35.5. The Morgan fingerprint density at radius 1 is 1.26 bits per heavy atom. The molecule has 1 aliphatic heterocycles. The Labute approximate surface area is 136 Å². The summed E-state index contributed by atoms with van der Waals surface area (Å²) >= 11 is 5.74. The van der Waals surface area contributed by atoms with Crippen LogP contribution in [-0.4, -0.2) is 27.0 Å². The fourth-order valence-corrected chi connectivity index (χ4v) is 2.73. The molecule has 6 nitrogen and oxygen atoms in total. The van der Waals surface area contributed by atoms with Gasteiger partial charge in [0.05, 0.1) is 11.1 Å². The number of hydrogen-bond donors (Lipinski definition) is 1. The summed E-state index contributed by atoms with van der Waals surface area (Å²) in [6, 6.07) is 11.0. The van der Waals surface area contributed by atoms with Gasteiger partial charge in [-0.05, 0) is 24.3 Å². The van der Waals surface area contributed by atoms with E-state index in [1.165, 1.54) is 6.20 Å². The standard InChI is InChI=1S/C16H12ClN5O/c17-13-6-5-10(9-19-13)15(23)21-16-20-12-4-2-1-3-11(12)14-18-7-8-22(14)16/h1-6,9,18H,7-8H2. The van der Waals surface area contributed by atoms with E-state index >= 15 is 0 Å². The number of hydrogen-bond acceptors (Lipinski definition) is 4. The van der Waals surface area contributed by atoms with Gasteiger partial charge in [0.15, 0.2) is 0 Å². The lowest BCUT2D eigenvalue weighted by atomic mass is 10.2. The second kappa shape index (κ2) is 5.48. The second-order valence-electron chi connectivity index (χ2n) is 5.14. The van der Waals surface area contributed by atoms with Crippen LogP contribution in [-0.2, 0) is 6.54 Å². The van der Waals surface area contributed by atoms with Crippen molar-refractivity contribution in [3.63, 3.8) is 0 Å². The molecule has 1 N–H and O–H groups in total. The minimum atomic E-state index is -0.390. The Hall–Kier alpha value is -2.73. The number of benzene rings is 1. The second-order valence-corrected chi connectivity index (χ2v) is 5.53. The summed E-state index contributed by atoms with van der Waals surface area (Å²) in [6.07, 6.45) is 1.42. The van der Waals surface area contributed by atoms with E-state index in [-0.39, 0.29) is 0 Å². The first-order valence-corrected chi connectivity index (χ1v) is 7.54. The van der Waals surface area contributed by atoms with E-state index in [0.29, 0.717) is 16.3 Å². The van der Waals surface area contributed by atoms with Gasteiger partial charge in [-0.25, -0.2) is 9.97 Å². The van der Waals surface area contributed by atoms with Crippen molar-refractivity contribution in [2.24, 2.45) is 4.99 Å². The average Bonchev–Trinajstić information content (AvgIpc) is 3.06. The number of amides is 1. The van der Waals surface area contributed by atoms with Crippen LogP contribution in [0.25, 0.3) is 10.9 Å². The third kappa shape index (κ3) is 2.47. The SMILES string of the molecule is O=C(N=c1nc2ccccc2c2n1CCN2)c1ccc(Cl)nc1. The molecule has 0 fully saturated rings. The molecule has 0 radical (unpaired) electrons. The number of rotatable bonds is 1. The smallest absolute Gasteiger partial charge is 0.281 e. The number of nitrogens with one attached hydrogen (secondary N) is 1. The number of fused-ring (bicyclic) bond motifs is 3. The van der Waals surface area contributed by atoms with Crippen molar-refractivity contribution in [3.05, 3.63) is 58.9 Å². The van der Waals surface area contributed by atoms with Gasteiger partial charge in [-0.15, -0.1) is 0 Å². The Bertz CT molecular complexity index is 978. The van der Waals surface area contributed by atoms with Crippen LogP contribution >= 0.6 is 11.6 Å². The Kier molecular flexibility index (Phi) is 3.31. The number of pyridine rings is 1. The largest absolute Gasteiger partial charge is 0.369 e. The highest BCUT2D eigenvalue weighted by molar-refractivity contribution is 6.29. The van der Waals surface area contributed by atoms with Crippen molar-refractivity contribution in [2.75, 3.05) is 11.9 Å². The first-order valence-electron chi connectivity index (χ1n) is 7.16. The molecule has 0 atom stereocenters. The van der Waals surface area contributed by atoms with Crippen molar-refractivity contribution >= 4 is 34.2 Å². The number of nitrogens with zero attached hydrogens (tertiary/aromatic N) is 4. The molecule has 0 aliphatic carbocycles. The molecule has 1 aliphatic rings. The Morgan fingerprint density at radius 3 is 2.96 bits per heavy atom. The monoisotopic (exact) mass is 325 g/mol. The maximum absolute atomic E-state index is 12.3. The summed E-state index contributed by atoms with van der Waals surface area (Å²) in [6.45, 7) is 1.51. The van der Waals surface area contributed by atoms with Crippen LogP contribution in [0.1, 0.15) is 10.4 Å². The quantitative estimate of drug-likeness (QED) is 0.697. The highest BCUT2D eigenvalue weighted by Gasteiger charge is 2.15. The molecule has 0 saturated carbocycles. The zero-order valence-electron chi connectivity index (χ0n) is 12.0. The van der Waals surface area contributed by atoms with Crippen molar-refractivity contribution in [1.82, 2.24) is 14.5 Å². The van der Waals surface area contributed by atoms with Gasteiger partial charge in [-0.3, -0.25) is 9.36 Å². The molecule has 114 valence electrons.